The topological polar surface area (TPSA) is 59.2 Å². The van der Waals surface area contributed by atoms with E-state index in [0.29, 0.717) is 6.54 Å². The van der Waals surface area contributed by atoms with E-state index in [-0.39, 0.29) is 17.4 Å². The molecule has 25 heavy (non-hydrogen) atoms. The van der Waals surface area contributed by atoms with Crippen molar-refractivity contribution in [1.82, 2.24) is 9.88 Å². The summed E-state index contributed by atoms with van der Waals surface area (Å²) in [5.74, 6) is 0.960. The van der Waals surface area contributed by atoms with Gasteiger partial charge in [0.15, 0.2) is 0 Å². The van der Waals surface area contributed by atoms with E-state index >= 15 is 0 Å². The highest BCUT2D eigenvalue weighted by Crippen LogP contribution is 2.29. The molecular weight excluding hydrogens is 350 g/mol. The van der Waals surface area contributed by atoms with Crippen molar-refractivity contribution in [2.75, 3.05) is 13.1 Å². The number of amides is 1. The first kappa shape index (κ1) is 18.4. The number of hydrogen-bond donors (Lipinski definition) is 1. The van der Waals surface area contributed by atoms with Gasteiger partial charge < -0.3 is 10.6 Å². The maximum absolute atomic E-state index is 12.8. The van der Waals surface area contributed by atoms with Gasteiger partial charge in [0.05, 0.1) is 10.7 Å². The zero-order valence-corrected chi connectivity index (χ0v) is 16.6. The van der Waals surface area contributed by atoms with Crippen LogP contribution in [0.15, 0.2) is 34.5 Å². The summed E-state index contributed by atoms with van der Waals surface area (Å²) < 4.78 is 0. The van der Waals surface area contributed by atoms with Gasteiger partial charge in [0, 0.05) is 40.7 Å². The fourth-order valence-corrected chi connectivity index (χ4v) is 4.56. The van der Waals surface area contributed by atoms with Gasteiger partial charge in [-0.15, -0.1) is 23.1 Å². The lowest BCUT2D eigenvalue weighted by Gasteiger charge is -2.42. The Balaban J connectivity index is 1.60. The Bertz CT molecular complexity index is 739. The number of benzene rings is 1. The second kappa shape index (κ2) is 7.48. The number of thiazole rings is 1. The lowest BCUT2D eigenvalue weighted by molar-refractivity contribution is 0.0533. The summed E-state index contributed by atoms with van der Waals surface area (Å²) in [6.45, 7) is 7.75. The number of piperidine rings is 1. The van der Waals surface area contributed by atoms with Crippen molar-refractivity contribution in [2.24, 2.45) is 11.1 Å². The molecule has 6 heteroatoms. The van der Waals surface area contributed by atoms with Crippen LogP contribution in [0.3, 0.4) is 0 Å². The molecule has 1 unspecified atom stereocenters. The summed E-state index contributed by atoms with van der Waals surface area (Å²) in [4.78, 5) is 20.3. The third-order valence-corrected chi connectivity index (χ3v) is 6.62. The molecule has 1 amide bonds. The third-order valence-electron chi connectivity index (χ3n) is 4.75. The van der Waals surface area contributed by atoms with Crippen molar-refractivity contribution >= 4 is 29.0 Å². The third kappa shape index (κ3) is 4.43. The van der Waals surface area contributed by atoms with E-state index in [9.17, 15) is 4.79 Å². The van der Waals surface area contributed by atoms with Gasteiger partial charge in [-0.05, 0) is 43.0 Å². The second-order valence-corrected chi connectivity index (χ2v) is 9.39. The van der Waals surface area contributed by atoms with Crippen LogP contribution in [-0.2, 0) is 5.75 Å². The molecule has 0 aliphatic carbocycles. The molecule has 3 rings (SSSR count). The number of carbonyl (C=O) groups is 1. The van der Waals surface area contributed by atoms with Crippen LogP contribution in [0.4, 0.5) is 0 Å². The molecule has 1 aromatic heterocycles. The van der Waals surface area contributed by atoms with E-state index in [1.54, 1.807) is 23.1 Å². The fraction of sp³-hybridized carbons (Fsp3) is 0.474. The second-order valence-electron chi connectivity index (χ2n) is 7.28. The van der Waals surface area contributed by atoms with E-state index in [1.165, 1.54) is 0 Å². The molecule has 0 saturated carbocycles. The van der Waals surface area contributed by atoms with Crippen molar-refractivity contribution in [1.29, 1.82) is 0 Å². The zero-order chi connectivity index (χ0) is 18.0. The Labute approximate surface area is 157 Å². The molecule has 2 heterocycles. The molecular formula is C19H25N3OS2. The van der Waals surface area contributed by atoms with Crippen LogP contribution < -0.4 is 5.73 Å². The van der Waals surface area contributed by atoms with E-state index < -0.39 is 0 Å². The quantitative estimate of drug-likeness (QED) is 0.822. The first-order valence-electron chi connectivity index (χ1n) is 8.54. The lowest BCUT2D eigenvalue weighted by atomic mass is 9.79. The van der Waals surface area contributed by atoms with E-state index in [2.05, 4.69) is 24.2 Å². The first-order valence-corrected chi connectivity index (χ1v) is 10.4. The molecule has 1 saturated heterocycles. The van der Waals surface area contributed by atoms with Gasteiger partial charge in [-0.3, -0.25) is 4.79 Å². The van der Waals surface area contributed by atoms with Gasteiger partial charge in [-0.25, -0.2) is 4.98 Å². The number of aromatic nitrogens is 1. The van der Waals surface area contributed by atoms with Gasteiger partial charge in [-0.2, -0.15) is 0 Å². The number of likely N-dealkylation sites (tertiary alicyclic amines) is 1. The van der Waals surface area contributed by atoms with E-state index in [0.717, 1.165) is 39.9 Å². The molecule has 134 valence electrons. The summed E-state index contributed by atoms with van der Waals surface area (Å²) in [7, 11) is 0. The molecule has 0 bridgehead atoms. The molecule has 0 spiro atoms. The molecule has 2 aromatic rings. The van der Waals surface area contributed by atoms with Crippen molar-refractivity contribution in [3.05, 3.63) is 45.9 Å². The number of rotatable bonds is 4. The lowest BCUT2D eigenvalue weighted by Crippen LogP contribution is -2.53. The molecule has 1 aliphatic heterocycles. The summed E-state index contributed by atoms with van der Waals surface area (Å²) in [5, 5.41) is 3.20. The van der Waals surface area contributed by atoms with Crippen LogP contribution in [-0.4, -0.2) is 34.9 Å². The van der Waals surface area contributed by atoms with E-state index in [1.807, 2.05) is 36.1 Å². The Hall–Kier alpha value is -1.37. The van der Waals surface area contributed by atoms with Crippen molar-refractivity contribution in [3.63, 3.8) is 0 Å². The number of thioether (sulfide) groups is 1. The average molecular weight is 376 g/mol. The largest absolute Gasteiger partial charge is 0.338 e. The number of carbonyl (C=O) groups excluding carboxylic acids is 1. The van der Waals surface area contributed by atoms with Gasteiger partial charge in [0.1, 0.15) is 0 Å². The standard InChI is InChI=1S/C19H25N3OS2/c1-13-21-15(10-24-13)11-25-16-6-4-14(5-7-16)18(23)22-9-8-17(20)19(2,3)12-22/h4-7,10,17H,8-9,11-12,20H2,1-3H3. The van der Waals surface area contributed by atoms with Crippen molar-refractivity contribution < 1.29 is 4.79 Å². The molecule has 1 aliphatic rings. The molecule has 0 radical (unpaired) electrons. The number of nitrogens with zero attached hydrogens (tertiary/aromatic N) is 2. The minimum Gasteiger partial charge on any atom is -0.338 e. The zero-order valence-electron chi connectivity index (χ0n) is 15.0. The Morgan fingerprint density at radius 1 is 1.40 bits per heavy atom. The van der Waals surface area contributed by atoms with Crippen LogP contribution >= 0.6 is 23.1 Å². The Morgan fingerprint density at radius 2 is 2.12 bits per heavy atom. The maximum atomic E-state index is 12.8. The minimum absolute atomic E-state index is 0.0324. The highest BCUT2D eigenvalue weighted by molar-refractivity contribution is 7.98. The van der Waals surface area contributed by atoms with Gasteiger partial charge in [-0.1, -0.05) is 13.8 Å². The minimum atomic E-state index is -0.0324. The average Bonchev–Trinajstić information content (AvgIpc) is 3.01. The summed E-state index contributed by atoms with van der Waals surface area (Å²) in [6.07, 6.45) is 0.861. The SMILES string of the molecule is Cc1nc(CSc2ccc(C(=O)N3CCC(N)C(C)(C)C3)cc2)cs1. The molecule has 4 nitrogen and oxygen atoms in total. The van der Waals surface area contributed by atoms with Gasteiger partial charge in [0.25, 0.3) is 5.91 Å². The fourth-order valence-electron chi connectivity index (χ4n) is 3.06. The Kier molecular flexibility index (Phi) is 5.51. The van der Waals surface area contributed by atoms with Crippen molar-refractivity contribution in [3.8, 4) is 0 Å². The van der Waals surface area contributed by atoms with Gasteiger partial charge in [0.2, 0.25) is 0 Å². The molecule has 2 N–H and O–H groups in total. The highest BCUT2D eigenvalue weighted by atomic mass is 32.2. The normalized spacial score (nSPS) is 19.8. The van der Waals surface area contributed by atoms with Crippen LogP contribution in [0.5, 0.6) is 0 Å². The van der Waals surface area contributed by atoms with Crippen LogP contribution in [0.25, 0.3) is 0 Å². The summed E-state index contributed by atoms with van der Waals surface area (Å²) in [5.41, 5.74) is 8.00. The summed E-state index contributed by atoms with van der Waals surface area (Å²) in [6, 6.07) is 8.07. The maximum Gasteiger partial charge on any atom is 0.253 e. The summed E-state index contributed by atoms with van der Waals surface area (Å²) >= 11 is 3.42. The Morgan fingerprint density at radius 3 is 2.72 bits per heavy atom. The van der Waals surface area contributed by atoms with Crippen molar-refractivity contribution in [2.45, 2.75) is 43.9 Å². The number of hydrogen-bond acceptors (Lipinski definition) is 5. The van der Waals surface area contributed by atoms with Crippen LogP contribution in [0, 0.1) is 12.3 Å². The van der Waals surface area contributed by atoms with E-state index in [4.69, 9.17) is 5.73 Å². The predicted octanol–water partition coefficient (Wildman–Crippen LogP) is 3.94. The number of aryl methyl sites for hydroxylation is 1. The first-order chi connectivity index (χ1) is 11.8. The monoisotopic (exact) mass is 375 g/mol. The molecule has 1 atom stereocenters. The highest BCUT2D eigenvalue weighted by Gasteiger charge is 2.35. The molecule has 1 aromatic carbocycles. The molecule has 1 fully saturated rings. The predicted molar refractivity (Wildman–Crippen MR) is 105 cm³/mol. The number of nitrogens with two attached hydrogens (primary N) is 1. The van der Waals surface area contributed by atoms with Gasteiger partial charge >= 0.3 is 0 Å². The smallest absolute Gasteiger partial charge is 0.253 e. The van der Waals surface area contributed by atoms with Crippen LogP contribution in [0.1, 0.15) is 41.3 Å². The van der Waals surface area contributed by atoms with Crippen LogP contribution in [0.2, 0.25) is 0 Å².